The molecule has 1 aliphatic carbocycles. The van der Waals surface area contributed by atoms with Crippen molar-refractivity contribution in [3.05, 3.63) is 81.8 Å². The number of aromatic nitrogens is 3. The van der Waals surface area contributed by atoms with Crippen LogP contribution in [0.3, 0.4) is 0 Å². The number of carbonyl (C=O) groups excluding carboxylic acids is 1. The van der Waals surface area contributed by atoms with Crippen LogP contribution in [0.4, 0.5) is 10.3 Å². The molecule has 164 valence electrons. The molecule has 1 atom stereocenters. The van der Waals surface area contributed by atoms with Crippen LogP contribution in [0.25, 0.3) is 0 Å². The van der Waals surface area contributed by atoms with Crippen LogP contribution >= 0.6 is 23.4 Å². The lowest BCUT2D eigenvalue weighted by atomic mass is 9.73. The quantitative estimate of drug-likeness (QED) is 0.474. The first-order valence-corrected chi connectivity index (χ1v) is 11.8. The average Bonchev–Trinajstić information content (AvgIpc) is 3.13. The Morgan fingerprint density at radius 3 is 2.75 bits per heavy atom. The molecule has 1 aliphatic heterocycles. The van der Waals surface area contributed by atoms with Crippen LogP contribution in [0.1, 0.15) is 43.9 Å². The van der Waals surface area contributed by atoms with E-state index < -0.39 is 0 Å². The Balaban J connectivity index is 1.51. The van der Waals surface area contributed by atoms with Crippen molar-refractivity contribution >= 4 is 35.1 Å². The van der Waals surface area contributed by atoms with Crippen LogP contribution in [-0.4, -0.2) is 20.5 Å². The molecule has 0 amide bonds. The van der Waals surface area contributed by atoms with Crippen LogP contribution < -0.4 is 5.32 Å². The summed E-state index contributed by atoms with van der Waals surface area (Å²) >= 11 is 7.59. The van der Waals surface area contributed by atoms with Gasteiger partial charge in [-0.25, -0.2) is 9.07 Å². The second-order valence-electron chi connectivity index (χ2n) is 8.96. The number of hydrogen-bond acceptors (Lipinski definition) is 5. The molecule has 32 heavy (non-hydrogen) atoms. The van der Waals surface area contributed by atoms with Gasteiger partial charge in [0.05, 0.1) is 0 Å². The van der Waals surface area contributed by atoms with Gasteiger partial charge >= 0.3 is 0 Å². The third kappa shape index (κ3) is 3.95. The second kappa shape index (κ2) is 8.05. The molecule has 5 rings (SSSR count). The molecule has 0 fully saturated rings. The van der Waals surface area contributed by atoms with Crippen molar-refractivity contribution < 1.29 is 9.18 Å². The monoisotopic (exact) mass is 468 g/mol. The second-order valence-corrected chi connectivity index (χ2v) is 10.3. The third-order valence-electron chi connectivity index (χ3n) is 5.80. The third-order valence-corrected chi connectivity index (χ3v) is 7.04. The Morgan fingerprint density at radius 2 is 2.00 bits per heavy atom. The lowest BCUT2D eigenvalue weighted by Gasteiger charge is -2.38. The number of benzene rings is 2. The van der Waals surface area contributed by atoms with E-state index in [9.17, 15) is 9.18 Å². The van der Waals surface area contributed by atoms with Crippen LogP contribution in [0.2, 0.25) is 5.02 Å². The van der Waals surface area contributed by atoms with Crippen molar-refractivity contribution in [2.75, 3.05) is 5.32 Å². The molecule has 0 saturated carbocycles. The maximum absolute atomic E-state index is 13.3. The maximum atomic E-state index is 13.3. The summed E-state index contributed by atoms with van der Waals surface area (Å²) in [5, 5.41) is 9.07. The van der Waals surface area contributed by atoms with Gasteiger partial charge in [-0.15, -0.1) is 5.10 Å². The Bertz CT molecular complexity index is 1240. The van der Waals surface area contributed by atoms with E-state index in [4.69, 9.17) is 21.7 Å². The Kier molecular flexibility index (Phi) is 5.34. The van der Waals surface area contributed by atoms with Crippen molar-refractivity contribution in [3.63, 3.8) is 0 Å². The number of carbonyl (C=O) groups is 1. The zero-order valence-electron chi connectivity index (χ0n) is 17.7. The van der Waals surface area contributed by atoms with Gasteiger partial charge in [-0.2, -0.15) is 4.98 Å². The molecule has 1 aromatic heterocycles. The van der Waals surface area contributed by atoms with E-state index in [1.807, 2.05) is 30.3 Å². The maximum Gasteiger partial charge on any atom is 0.227 e. The summed E-state index contributed by atoms with van der Waals surface area (Å²) in [6, 6.07) is 14.0. The van der Waals surface area contributed by atoms with Gasteiger partial charge in [0, 0.05) is 28.5 Å². The Hall–Kier alpha value is -2.64. The SMILES string of the molecule is CC1(C)CC(=O)C2=C(C1)Nc1nc(SCc3ccc(F)cc3Cl)nn1C2c1ccccc1. The Labute approximate surface area is 195 Å². The predicted molar refractivity (Wildman–Crippen MR) is 124 cm³/mol. The normalized spacial score (nSPS) is 19.4. The molecule has 0 spiro atoms. The molecule has 0 bridgehead atoms. The molecule has 3 aromatic rings. The van der Waals surface area contributed by atoms with E-state index in [2.05, 4.69) is 19.2 Å². The van der Waals surface area contributed by atoms with E-state index in [0.717, 1.165) is 28.8 Å². The molecule has 0 saturated heterocycles. The van der Waals surface area contributed by atoms with Gasteiger partial charge < -0.3 is 5.32 Å². The molecular weight excluding hydrogens is 447 g/mol. The number of allylic oxidation sites excluding steroid dienone is 2. The number of rotatable bonds is 4. The minimum atomic E-state index is -0.363. The highest BCUT2D eigenvalue weighted by atomic mass is 35.5. The number of hydrogen-bond donors (Lipinski definition) is 1. The average molecular weight is 469 g/mol. The number of Topliss-reactive ketones (excluding diaryl/α,β-unsaturated/α-hetero) is 1. The summed E-state index contributed by atoms with van der Waals surface area (Å²) in [5.41, 5.74) is 3.40. The number of nitrogens with one attached hydrogen (secondary N) is 1. The topological polar surface area (TPSA) is 59.8 Å². The fourth-order valence-electron chi connectivity index (χ4n) is 4.38. The van der Waals surface area contributed by atoms with Crippen molar-refractivity contribution in [2.45, 2.75) is 43.6 Å². The first-order chi connectivity index (χ1) is 15.3. The van der Waals surface area contributed by atoms with E-state index >= 15 is 0 Å². The van der Waals surface area contributed by atoms with Gasteiger partial charge in [0.1, 0.15) is 11.9 Å². The summed E-state index contributed by atoms with van der Waals surface area (Å²) in [7, 11) is 0. The molecule has 8 heteroatoms. The van der Waals surface area contributed by atoms with Crippen LogP contribution in [0.5, 0.6) is 0 Å². The van der Waals surface area contributed by atoms with Gasteiger partial charge in [0.25, 0.3) is 0 Å². The summed E-state index contributed by atoms with van der Waals surface area (Å²) in [5.74, 6) is 0.915. The van der Waals surface area contributed by atoms with E-state index in [1.54, 1.807) is 10.7 Å². The van der Waals surface area contributed by atoms with Crippen LogP contribution in [0.15, 0.2) is 65.0 Å². The Morgan fingerprint density at radius 1 is 1.22 bits per heavy atom. The van der Waals surface area contributed by atoms with Crippen molar-refractivity contribution in [1.29, 1.82) is 0 Å². The van der Waals surface area contributed by atoms with Crippen molar-refractivity contribution in [2.24, 2.45) is 5.41 Å². The van der Waals surface area contributed by atoms with E-state index in [1.165, 1.54) is 23.9 Å². The number of fused-ring (bicyclic) bond motifs is 1. The van der Waals surface area contributed by atoms with E-state index in [0.29, 0.717) is 28.3 Å². The molecule has 5 nitrogen and oxygen atoms in total. The molecule has 0 radical (unpaired) electrons. The summed E-state index contributed by atoms with van der Waals surface area (Å²) in [4.78, 5) is 17.9. The number of ketones is 1. The smallest absolute Gasteiger partial charge is 0.227 e. The first-order valence-electron chi connectivity index (χ1n) is 10.4. The molecular formula is C24H22ClFN4OS. The predicted octanol–water partition coefficient (Wildman–Crippen LogP) is 6.02. The van der Waals surface area contributed by atoms with Gasteiger partial charge in [-0.3, -0.25) is 4.79 Å². The van der Waals surface area contributed by atoms with Gasteiger partial charge in [-0.1, -0.05) is 73.6 Å². The molecule has 2 aromatic carbocycles. The minimum absolute atomic E-state index is 0.108. The lowest BCUT2D eigenvalue weighted by Crippen LogP contribution is -2.36. The van der Waals surface area contributed by atoms with Crippen molar-refractivity contribution in [3.8, 4) is 0 Å². The number of anilines is 1. The number of halogens is 2. The largest absolute Gasteiger partial charge is 0.328 e. The zero-order chi connectivity index (χ0) is 22.5. The lowest BCUT2D eigenvalue weighted by molar-refractivity contribution is -0.118. The van der Waals surface area contributed by atoms with Crippen LogP contribution in [0, 0.1) is 11.2 Å². The summed E-state index contributed by atoms with van der Waals surface area (Å²) in [6.07, 6.45) is 1.28. The highest BCUT2D eigenvalue weighted by Crippen LogP contribution is 2.45. The fraction of sp³-hybridized carbons (Fsp3) is 0.292. The zero-order valence-corrected chi connectivity index (χ0v) is 19.3. The molecule has 2 aliphatic rings. The number of nitrogens with zero attached hydrogens (tertiary/aromatic N) is 3. The minimum Gasteiger partial charge on any atom is -0.328 e. The van der Waals surface area contributed by atoms with Gasteiger partial charge in [0.2, 0.25) is 11.1 Å². The van der Waals surface area contributed by atoms with E-state index in [-0.39, 0.29) is 23.1 Å². The highest BCUT2D eigenvalue weighted by molar-refractivity contribution is 7.98. The first kappa shape index (κ1) is 21.2. The van der Waals surface area contributed by atoms with Crippen molar-refractivity contribution in [1.82, 2.24) is 14.8 Å². The summed E-state index contributed by atoms with van der Waals surface area (Å²) < 4.78 is 15.1. The highest BCUT2D eigenvalue weighted by Gasteiger charge is 2.41. The molecule has 1 unspecified atom stereocenters. The fourth-order valence-corrected chi connectivity index (χ4v) is 5.52. The van der Waals surface area contributed by atoms with Gasteiger partial charge in [-0.05, 0) is 35.1 Å². The standard InChI is InChI=1S/C24H22ClFN4OS/c1-24(2)11-18-20(19(31)12-24)21(14-6-4-3-5-7-14)30-22(27-18)28-23(29-30)32-13-15-8-9-16(26)10-17(15)25/h3-10,21H,11-13H2,1-2H3,(H,27,28,29). The number of thioether (sulfide) groups is 1. The van der Waals surface area contributed by atoms with Crippen LogP contribution in [-0.2, 0) is 10.5 Å². The summed E-state index contributed by atoms with van der Waals surface area (Å²) in [6.45, 7) is 4.22. The molecule has 2 heterocycles. The van der Waals surface area contributed by atoms with Gasteiger partial charge in [0.15, 0.2) is 5.78 Å². The molecule has 1 N–H and O–H groups in total.